The van der Waals surface area contributed by atoms with Crippen molar-refractivity contribution in [2.45, 2.75) is 58.1 Å². The number of esters is 1. The highest BCUT2D eigenvalue weighted by Gasteiger charge is 2.28. The Morgan fingerprint density at radius 3 is 2.37 bits per heavy atom. The van der Waals surface area contributed by atoms with E-state index in [4.69, 9.17) is 9.47 Å². The first-order chi connectivity index (χ1) is 16.4. The second-order valence-electron chi connectivity index (χ2n) is 9.52. The summed E-state index contributed by atoms with van der Waals surface area (Å²) in [5.41, 5.74) is 0.612. The van der Waals surface area contributed by atoms with Crippen molar-refractivity contribution >= 4 is 24.0 Å². The van der Waals surface area contributed by atoms with E-state index in [2.05, 4.69) is 27.2 Å². The highest BCUT2D eigenvalue weighted by Crippen LogP contribution is 2.26. The maximum absolute atomic E-state index is 13.3. The molecule has 1 aromatic heterocycles. The van der Waals surface area contributed by atoms with Crippen molar-refractivity contribution in [2.75, 3.05) is 7.11 Å². The van der Waals surface area contributed by atoms with Gasteiger partial charge in [0.15, 0.2) is 0 Å². The van der Waals surface area contributed by atoms with Gasteiger partial charge in [-0.25, -0.2) is 14.6 Å². The number of allylic oxidation sites excluding steroid dienone is 1. The van der Waals surface area contributed by atoms with Crippen LogP contribution in [-0.2, 0) is 30.9 Å². The Kier molecular flexibility index (Phi) is 8.99. The van der Waals surface area contributed by atoms with Gasteiger partial charge in [0.05, 0.1) is 24.8 Å². The fourth-order valence-electron chi connectivity index (χ4n) is 3.15. The summed E-state index contributed by atoms with van der Waals surface area (Å²) >= 11 is 0. The lowest BCUT2D eigenvalue weighted by Crippen LogP contribution is -2.49. The highest BCUT2D eigenvalue weighted by molar-refractivity contribution is 5.99. The van der Waals surface area contributed by atoms with Crippen LogP contribution < -0.4 is 10.6 Å². The van der Waals surface area contributed by atoms with E-state index in [1.807, 2.05) is 44.2 Å². The smallest absolute Gasteiger partial charge is 0.408 e. The number of alkyl carbamates (subject to hydrolysis) is 1. The minimum Gasteiger partial charge on any atom is -0.464 e. The molecule has 0 spiro atoms. The van der Waals surface area contributed by atoms with Crippen LogP contribution >= 0.6 is 0 Å². The molecule has 0 radical (unpaired) electrons. The van der Waals surface area contributed by atoms with Gasteiger partial charge in [0.1, 0.15) is 17.3 Å². The lowest BCUT2D eigenvalue weighted by atomic mass is 9.88. The standard InChI is InChI=1S/C26H34N4O5/c1-8-26(5,6)21-18(27-16-28-21)15-20(23(32)34-7)29-22(31)19(14-17-12-10-9-11-13-17)30-24(33)35-25(2,3)4/h8-13,15-16,19H,1,14H2,2-7H3,(H,27,28)(H,29,31)(H,30,33)/b20-15+/t19-/m0/s1. The second-order valence-corrected chi connectivity index (χ2v) is 9.52. The zero-order valence-electron chi connectivity index (χ0n) is 21.1. The zero-order valence-corrected chi connectivity index (χ0v) is 21.1. The van der Waals surface area contributed by atoms with Crippen LogP contribution in [0.25, 0.3) is 6.08 Å². The monoisotopic (exact) mass is 482 g/mol. The maximum Gasteiger partial charge on any atom is 0.408 e. The van der Waals surface area contributed by atoms with Crippen molar-refractivity contribution in [3.63, 3.8) is 0 Å². The van der Waals surface area contributed by atoms with Crippen molar-refractivity contribution in [3.05, 3.63) is 72.0 Å². The normalized spacial score (nSPS) is 12.9. The number of nitrogens with zero attached hydrogens (tertiary/aromatic N) is 1. The summed E-state index contributed by atoms with van der Waals surface area (Å²) in [5.74, 6) is -1.38. The Hall–Kier alpha value is -3.88. The number of rotatable bonds is 9. The fraction of sp³-hybridized carbons (Fsp3) is 0.385. The predicted octanol–water partition coefficient (Wildman–Crippen LogP) is 3.64. The number of imidazole rings is 1. The Morgan fingerprint density at radius 2 is 1.80 bits per heavy atom. The Balaban J connectivity index is 2.36. The number of ether oxygens (including phenoxy) is 2. The minimum atomic E-state index is -1.02. The van der Waals surface area contributed by atoms with Gasteiger partial charge in [-0.15, -0.1) is 6.58 Å². The summed E-state index contributed by atoms with van der Waals surface area (Å²) in [6, 6.07) is 8.16. The van der Waals surface area contributed by atoms with Gasteiger partial charge in [-0.3, -0.25) is 4.79 Å². The average molecular weight is 483 g/mol. The number of hydrogen-bond donors (Lipinski definition) is 3. The first-order valence-corrected chi connectivity index (χ1v) is 11.2. The van der Waals surface area contributed by atoms with Crippen LogP contribution in [0.15, 0.2) is 55.0 Å². The van der Waals surface area contributed by atoms with Crippen LogP contribution in [-0.4, -0.2) is 46.7 Å². The molecular weight excluding hydrogens is 448 g/mol. The second kappa shape index (κ2) is 11.5. The number of benzene rings is 1. The number of aromatic amines is 1. The molecule has 3 N–H and O–H groups in total. The molecule has 35 heavy (non-hydrogen) atoms. The molecule has 0 aliphatic heterocycles. The van der Waals surface area contributed by atoms with Gasteiger partial charge in [0.25, 0.3) is 0 Å². The first-order valence-electron chi connectivity index (χ1n) is 11.2. The molecule has 1 atom stereocenters. The predicted molar refractivity (Wildman–Crippen MR) is 133 cm³/mol. The van der Waals surface area contributed by atoms with Crippen molar-refractivity contribution in [2.24, 2.45) is 0 Å². The van der Waals surface area contributed by atoms with Gasteiger partial charge < -0.3 is 25.1 Å². The fourth-order valence-corrected chi connectivity index (χ4v) is 3.15. The Labute approximate surface area is 206 Å². The van der Waals surface area contributed by atoms with E-state index in [1.54, 1.807) is 26.8 Å². The van der Waals surface area contributed by atoms with Crippen LogP contribution in [0.5, 0.6) is 0 Å². The lowest BCUT2D eigenvalue weighted by Gasteiger charge is -2.23. The van der Waals surface area contributed by atoms with Gasteiger partial charge in [-0.1, -0.05) is 50.3 Å². The number of aromatic nitrogens is 2. The number of H-pyrrole nitrogens is 1. The first kappa shape index (κ1) is 27.4. The molecule has 0 aliphatic carbocycles. The third-order valence-electron chi connectivity index (χ3n) is 5.06. The largest absolute Gasteiger partial charge is 0.464 e. The van der Waals surface area contributed by atoms with Gasteiger partial charge >= 0.3 is 12.1 Å². The Bertz CT molecular complexity index is 1080. The van der Waals surface area contributed by atoms with Crippen LogP contribution in [0.2, 0.25) is 0 Å². The van der Waals surface area contributed by atoms with Gasteiger partial charge in [-0.2, -0.15) is 0 Å². The SMILES string of the molecule is C=CC(C)(C)c1[nH]cnc1/C=C(/NC(=O)[C@H](Cc1ccccc1)NC(=O)OC(C)(C)C)C(=O)OC. The maximum atomic E-state index is 13.3. The summed E-state index contributed by atoms with van der Waals surface area (Å²) in [4.78, 5) is 45.5. The van der Waals surface area contributed by atoms with E-state index in [9.17, 15) is 14.4 Å². The summed E-state index contributed by atoms with van der Waals surface area (Å²) < 4.78 is 10.2. The molecule has 0 fully saturated rings. The van der Waals surface area contributed by atoms with Crippen LogP contribution in [0.1, 0.15) is 51.6 Å². The number of amides is 2. The van der Waals surface area contributed by atoms with E-state index < -0.39 is 35.0 Å². The summed E-state index contributed by atoms with van der Waals surface area (Å²) in [5, 5.41) is 5.19. The third-order valence-corrected chi connectivity index (χ3v) is 5.06. The van der Waals surface area contributed by atoms with Crippen LogP contribution in [0.4, 0.5) is 4.79 Å². The summed E-state index contributed by atoms with van der Waals surface area (Å²) in [6.07, 6.45) is 4.09. The molecule has 188 valence electrons. The summed E-state index contributed by atoms with van der Waals surface area (Å²) in [7, 11) is 1.21. The van der Waals surface area contributed by atoms with Crippen molar-refractivity contribution in [1.29, 1.82) is 0 Å². The minimum absolute atomic E-state index is 0.130. The molecule has 9 nitrogen and oxygen atoms in total. The molecule has 1 aromatic carbocycles. The van der Waals surface area contributed by atoms with Crippen molar-refractivity contribution in [3.8, 4) is 0 Å². The van der Waals surface area contributed by atoms with Gasteiger partial charge in [0.2, 0.25) is 5.91 Å². The number of carbonyl (C=O) groups excluding carboxylic acids is 3. The molecule has 0 bridgehead atoms. The number of nitrogens with one attached hydrogen (secondary N) is 3. The zero-order chi connectivity index (χ0) is 26.2. The Morgan fingerprint density at radius 1 is 1.14 bits per heavy atom. The number of hydrogen-bond acceptors (Lipinski definition) is 6. The number of methoxy groups -OCH3 is 1. The quantitative estimate of drug-likeness (QED) is 0.285. The van der Waals surface area contributed by atoms with Gasteiger partial charge in [0, 0.05) is 11.8 Å². The lowest BCUT2D eigenvalue weighted by molar-refractivity contribution is -0.137. The molecule has 9 heteroatoms. The van der Waals surface area contributed by atoms with E-state index in [0.717, 1.165) is 5.56 Å². The average Bonchev–Trinajstić information content (AvgIpc) is 3.26. The molecule has 0 unspecified atom stereocenters. The van der Waals surface area contributed by atoms with Gasteiger partial charge in [-0.05, 0) is 32.4 Å². The topological polar surface area (TPSA) is 122 Å². The summed E-state index contributed by atoms with van der Waals surface area (Å²) in [6.45, 7) is 12.9. The third kappa shape index (κ3) is 8.13. The molecule has 2 amide bonds. The van der Waals surface area contributed by atoms with E-state index >= 15 is 0 Å². The number of carbonyl (C=O) groups is 3. The van der Waals surface area contributed by atoms with Crippen molar-refractivity contribution in [1.82, 2.24) is 20.6 Å². The van der Waals surface area contributed by atoms with Crippen LogP contribution in [0.3, 0.4) is 0 Å². The molecule has 1 heterocycles. The molecule has 0 saturated heterocycles. The highest BCUT2D eigenvalue weighted by atomic mass is 16.6. The molecule has 2 rings (SSSR count). The van der Waals surface area contributed by atoms with E-state index in [0.29, 0.717) is 11.4 Å². The molecule has 2 aromatic rings. The van der Waals surface area contributed by atoms with E-state index in [-0.39, 0.29) is 12.1 Å². The van der Waals surface area contributed by atoms with E-state index in [1.165, 1.54) is 19.5 Å². The molecule has 0 aliphatic rings. The van der Waals surface area contributed by atoms with Crippen LogP contribution in [0, 0.1) is 0 Å². The van der Waals surface area contributed by atoms with Crippen molar-refractivity contribution < 1.29 is 23.9 Å². The molecule has 0 saturated carbocycles. The molecular formula is C26H34N4O5.